The lowest BCUT2D eigenvalue weighted by atomic mass is 9.83. The molecular weight excluding hydrogens is 163 g/mol. The Morgan fingerprint density at radius 2 is 1.40 bits per heavy atom. The average molecular weight is 179 g/mol. The minimum Gasteiger partial charge on any atom is -0.0953 e. The molecule has 1 heterocycles. The Hall–Kier alpha value is 0.720. The lowest BCUT2D eigenvalue weighted by molar-refractivity contribution is 0.311. The van der Waals surface area contributed by atoms with E-state index in [-0.39, 0.29) is 7.27 Å². The molecule has 0 aliphatic carbocycles. The van der Waals surface area contributed by atoms with Gasteiger partial charge in [-0.2, -0.15) is 0 Å². The fourth-order valence-electron chi connectivity index (χ4n) is 1.88. The molecular formula is C8H16ClP. The van der Waals surface area contributed by atoms with Crippen LogP contribution in [0.5, 0.6) is 0 Å². The highest BCUT2D eigenvalue weighted by atomic mass is 35.7. The highest BCUT2D eigenvalue weighted by molar-refractivity contribution is 7.87. The molecule has 0 N–H and O–H groups in total. The minimum atomic E-state index is -0.271. The maximum absolute atomic E-state index is 6.29. The highest BCUT2D eigenvalue weighted by Gasteiger charge is 2.58. The SMILES string of the molecule is CC1C(C)(C)P(Cl)C1(C)C. The molecule has 0 saturated carbocycles. The Morgan fingerprint density at radius 3 is 1.50 bits per heavy atom. The van der Waals surface area contributed by atoms with Gasteiger partial charge in [0.05, 0.1) is 0 Å². The maximum atomic E-state index is 6.29. The van der Waals surface area contributed by atoms with Crippen LogP contribution >= 0.6 is 18.5 Å². The molecule has 0 nitrogen and oxygen atoms in total. The van der Waals surface area contributed by atoms with Crippen molar-refractivity contribution in [3.05, 3.63) is 0 Å². The van der Waals surface area contributed by atoms with Crippen molar-refractivity contribution in [2.75, 3.05) is 0 Å². The van der Waals surface area contributed by atoms with Crippen molar-refractivity contribution in [3.63, 3.8) is 0 Å². The molecule has 0 aromatic rings. The smallest absolute Gasteiger partial charge is 0.00266 e. The van der Waals surface area contributed by atoms with E-state index in [1.165, 1.54) is 0 Å². The van der Waals surface area contributed by atoms with Gasteiger partial charge in [-0.25, -0.2) is 0 Å². The van der Waals surface area contributed by atoms with Crippen molar-refractivity contribution in [2.45, 2.75) is 44.9 Å². The van der Waals surface area contributed by atoms with Crippen molar-refractivity contribution in [3.8, 4) is 0 Å². The first-order valence-corrected chi connectivity index (χ1v) is 6.02. The van der Waals surface area contributed by atoms with Crippen molar-refractivity contribution in [1.82, 2.24) is 0 Å². The van der Waals surface area contributed by atoms with Crippen LogP contribution in [0, 0.1) is 5.92 Å². The van der Waals surface area contributed by atoms with Gasteiger partial charge in [0.1, 0.15) is 0 Å². The number of rotatable bonds is 0. The lowest BCUT2D eigenvalue weighted by Gasteiger charge is -2.60. The van der Waals surface area contributed by atoms with E-state index in [1.807, 2.05) is 0 Å². The van der Waals surface area contributed by atoms with E-state index in [2.05, 4.69) is 34.6 Å². The first-order valence-electron chi connectivity index (χ1n) is 3.77. The van der Waals surface area contributed by atoms with Crippen molar-refractivity contribution in [2.24, 2.45) is 5.92 Å². The summed E-state index contributed by atoms with van der Waals surface area (Å²) in [5.41, 5.74) is 0. The van der Waals surface area contributed by atoms with E-state index < -0.39 is 0 Å². The van der Waals surface area contributed by atoms with E-state index in [4.69, 9.17) is 11.2 Å². The van der Waals surface area contributed by atoms with Crippen LogP contribution < -0.4 is 0 Å². The summed E-state index contributed by atoms with van der Waals surface area (Å²) < 4.78 is 0. The Balaban J connectivity index is 2.78. The zero-order valence-electron chi connectivity index (χ0n) is 7.40. The summed E-state index contributed by atoms with van der Waals surface area (Å²) in [4.78, 5) is 0. The summed E-state index contributed by atoms with van der Waals surface area (Å²) in [7, 11) is -0.271. The summed E-state index contributed by atoms with van der Waals surface area (Å²) in [6.45, 7) is 11.4. The fraction of sp³-hybridized carbons (Fsp3) is 1.00. The molecule has 10 heavy (non-hydrogen) atoms. The van der Waals surface area contributed by atoms with E-state index >= 15 is 0 Å². The fourth-order valence-corrected chi connectivity index (χ4v) is 5.37. The summed E-state index contributed by atoms with van der Waals surface area (Å²) in [5.74, 6) is 0.767. The second-order valence-corrected chi connectivity index (χ2v) is 8.19. The van der Waals surface area contributed by atoms with Gasteiger partial charge >= 0.3 is 0 Å². The lowest BCUT2D eigenvalue weighted by Crippen LogP contribution is -2.53. The quantitative estimate of drug-likeness (QED) is 0.495. The van der Waals surface area contributed by atoms with Gasteiger partial charge in [-0.3, -0.25) is 0 Å². The van der Waals surface area contributed by atoms with E-state index in [0.29, 0.717) is 10.3 Å². The topological polar surface area (TPSA) is 0 Å². The monoisotopic (exact) mass is 178 g/mol. The first-order chi connectivity index (χ1) is 4.31. The minimum absolute atomic E-state index is 0.271. The normalized spacial score (nSPS) is 42.6. The van der Waals surface area contributed by atoms with Gasteiger partial charge < -0.3 is 0 Å². The van der Waals surface area contributed by atoms with Crippen molar-refractivity contribution in [1.29, 1.82) is 0 Å². The number of hydrogen-bond donors (Lipinski definition) is 0. The third-order valence-electron chi connectivity index (χ3n) is 3.13. The Bertz CT molecular complexity index is 121. The number of halogens is 1. The zero-order chi connectivity index (χ0) is 8.15. The summed E-state index contributed by atoms with van der Waals surface area (Å²) in [6.07, 6.45) is 0. The highest BCUT2D eigenvalue weighted by Crippen LogP contribution is 2.78. The molecule has 60 valence electrons. The van der Waals surface area contributed by atoms with Gasteiger partial charge in [-0.15, -0.1) is 0 Å². The van der Waals surface area contributed by atoms with Gasteiger partial charge in [0, 0.05) is 17.6 Å². The van der Waals surface area contributed by atoms with E-state index in [1.54, 1.807) is 0 Å². The summed E-state index contributed by atoms with van der Waals surface area (Å²) in [5, 5.41) is 0.806. The standard InChI is InChI=1S/C8H16ClP/c1-6-7(2,3)10(9)8(6,4)5/h6H,1-5H3. The largest absolute Gasteiger partial charge is 0.0953 e. The van der Waals surface area contributed by atoms with Gasteiger partial charge in [-0.05, 0) is 5.92 Å². The molecule has 0 aromatic carbocycles. The Kier molecular flexibility index (Phi) is 1.86. The van der Waals surface area contributed by atoms with Crippen LogP contribution in [0.15, 0.2) is 0 Å². The summed E-state index contributed by atoms with van der Waals surface area (Å²) in [6, 6.07) is 0. The second kappa shape index (κ2) is 2.11. The molecule has 1 fully saturated rings. The number of hydrogen-bond acceptors (Lipinski definition) is 0. The van der Waals surface area contributed by atoms with Crippen LogP contribution in [0.2, 0.25) is 0 Å². The van der Waals surface area contributed by atoms with Gasteiger partial charge in [0.25, 0.3) is 0 Å². The zero-order valence-corrected chi connectivity index (χ0v) is 9.05. The molecule has 2 heteroatoms. The third kappa shape index (κ3) is 0.850. The molecule has 0 unspecified atom stereocenters. The van der Waals surface area contributed by atoms with Crippen LogP contribution in [0.25, 0.3) is 0 Å². The Labute approximate surface area is 69.9 Å². The van der Waals surface area contributed by atoms with Gasteiger partial charge in [0.15, 0.2) is 0 Å². The predicted molar refractivity (Wildman–Crippen MR) is 50.1 cm³/mol. The Morgan fingerprint density at radius 1 is 1.10 bits per heavy atom. The third-order valence-corrected chi connectivity index (χ3v) is 8.54. The van der Waals surface area contributed by atoms with Crippen LogP contribution in [0.1, 0.15) is 34.6 Å². The molecule has 1 rings (SSSR count). The average Bonchev–Trinajstić information content (AvgIpc) is 1.84. The van der Waals surface area contributed by atoms with E-state index in [0.717, 1.165) is 5.92 Å². The van der Waals surface area contributed by atoms with Gasteiger partial charge in [-0.1, -0.05) is 45.9 Å². The molecule has 0 amide bonds. The van der Waals surface area contributed by atoms with Crippen LogP contribution in [0.3, 0.4) is 0 Å². The maximum Gasteiger partial charge on any atom is 0.00266 e. The molecule has 1 saturated heterocycles. The van der Waals surface area contributed by atoms with Crippen LogP contribution in [0.4, 0.5) is 0 Å². The predicted octanol–water partition coefficient (Wildman–Crippen LogP) is 3.83. The van der Waals surface area contributed by atoms with Crippen molar-refractivity contribution < 1.29 is 0 Å². The second-order valence-electron chi connectivity index (χ2n) is 4.31. The molecule has 0 atom stereocenters. The molecule has 1 aliphatic heterocycles. The van der Waals surface area contributed by atoms with Crippen LogP contribution in [-0.4, -0.2) is 10.3 Å². The van der Waals surface area contributed by atoms with E-state index in [9.17, 15) is 0 Å². The van der Waals surface area contributed by atoms with Crippen LogP contribution in [-0.2, 0) is 0 Å². The van der Waals surface area contributed by atoms with Crippen molar-refractivity contribution >= 4 is 18.5 Å². The molecule has 1 aliphatic rings. The summed E-state index contributed by atoms with van der Waals surface area (Å²) >= 11 is 6.29. The molecule has 0 bridgehead atoms. The molecule has 0 radical (unpaired) electrons. The first kappa shape index (κ1) is 8.81. The molecule has 0 aromatic heterocycles. The van der Waals surface area contributed by atoms with Gasteiger partial charge in [0.2, 0.25) is 0 Å². The molecule has 0 spiro atoms.